The molecule has 4 N–H and O–H groups in total. The van der Waals surface area contributed by atoms with Crippen molar-refractivity contribution in [1.82, 2.24) is 15.0 Å². The number of carbonyl (C=O) groups excluding carboxylic acids is 1. The molecule has 216 valence electrons. The van der Waals surface area contributed by atoms with E-state index in [0.29, 0.717) is 28.9 Å². The highest BCUT2D eigenvalue weighted by molar-refractivity contribution is 6.30. The van der Waals surface area contributed by atoms with Gasteiger partial charge in [-0.3, -0.25) is 9.59 Å². The van der Waals surface area contributed by atoms with E-state index in [1.165, 1.54) is 11.9 Å². The number of aromatic nitrogens is 3. The Morgan fingerprint density at radius 1 is 1.20 bits per heavy atom. The van der Waals surface area contributed by atoms with Gasteiger partial charge in [-0.25, -0.2) is 15.0 Å². The maximum absolute atomic E-state index is 12.5. The van der Waals surface area contributed by atoms with Crippen LogP contribution in [0.2, 0.25) is 5.02 Å². The first-order valence-corrected chi connectivity index (χ1v) is 14.6. The number of benzene rings is 1. The second kappa shape index (κ2) is 13.2. The molecule has 10 nitrogen and oxygen atoms in total. The summed E-state index contributed by atoms with van der Waals surface area (Å²) in [5.74, 6) is 0.521. The van der Waals surface area contributed by atoms with E-state index < -0.39 is 17.8 Å². The Labute approximate surface area is 244 Å². The number of anilines is 4. The number of aliphatic carboxylic acids is 1. The number of carboxylic acids is 1. The maximum Gasteiger partial charge on any atom is 0.308 e. The monoisotopic (exact) mass is 577 g/mol. The van der Waals surface area contributed by atoms with E-state index in [4.69, 9.17) is 16.6 Å². The summed E-state index contributed by atoms with van der Waals surface area (Å²) in [7, 11) is 0. The fourth-order valence-electron chi connectivity index (χ4n) is 5.58. The summed E-state index contributed by atoms with van der Waals surface area (Å²) in [6, 6.07) is 11.2. The molecule has 1 atom stereocenters. The Bertz CT molecular complexity index is 1390. The summed E-state index contributed by atoms with van der Waals surface area (Å²) in [4.78, 5) is 40.8. The van der Waals surface area contributed by atoms with Gasteiger partial charge < -0.3 is 26.0 Å². The van der Waals surface area contributed by atoms with Gasteiger partial charge in [-0.05, 0) is 61.9 Å². The third-order valence-corrected chi connectivity index (χ3v) is 8.05. The number of amides is 1. The molecule has 4 heterocycles. The van der Waals surface area contributed by atoms with Gasteiger partial charge in [0.15, 0.2) is 0 Å². The van der Waals surface area contributed by atoms with Gasteiger partial charge in [0, 0.05) is 60.5 Å². The molecule has 0 aliphatic carbocycles. The predicted octanol–water partition coefficient (Wildman–Crippen LogP) is 4.97. The zero-order chi connectivity index (χ0) is 28.8. The Kier molecular flexibility index (Phi) is 9.18. The molecule has 5 rings (SSSR count). The average molecular weight is 578 g/mol. The van der Waals surface area contributed by atoms with E-state index in [2.05, 4.69) is 43.0 Å². The number of carbonyl (C=O) groups is 2. The van der Waals surface area contributed by atoms with Gasteiger partial charge in [-0.1, -0.05) is 30.7 Å². The van der Waals surface area contributed by atoms with Crippen molar-refractivity contribution in [2.75, 3.05) is 47.0 Å². The van der Waals surface area contributed by atoms with Crippen LogP contribution in [0.25, 0.3) is 0 Å². The highest BCUT2D eigenvalue weighted by Crippen LogP contribution is 2.33. The van der Waals surface area contributed by atoms with Crippen LogP contribution in [0.15, 0.2) is 42.7 Å². The predicted molar refractivity (Wildman–Crippen MR) is 161 cm³/mol. The standard InChI is InChI=1S/C30H36ClN7O3/c1-2-24-28(33-17-21(30(40)41)15-26(39)36-23-7-3-6-22(31)16-23)34-18-35-29(24)38-13-10-19(11-14-38)25-9-8-20-5-4-12-32-27(20)37-25/h3,6-9,16,18-19,21H,2,4-5,10-15,17H2,1H3,(H,32,37)(H,36,39)(H,40,41)(H,33,34,35)/t21-/m0/s1. The summed E-state index contributed by atoms with van der Waals surface area (Å²) in [5, 5.41) is 19.6. The summed E-state index contributed by atoms with van der Waals surface area (Å²) >= 11 is 5.98. The highest BCUT2D eigenvalue weighted by Gasteiger charge is 2.27. The van der Waals surface area contributed by atoms with Crippen molar-refractivity contribution in [1.29, 1.82) is 0 Å². The summed E-state index contributed by atoms with van der Waals surface area (Å²) in [5.41, 5.74) is 3.92. The number of hydrogen-bond donors (Lipinski definition) is 4. The minimum absolute atomic E-state index is 0.0574. The van der Waals surface area contributed by atoms with Crippen molar-refractivity contribution in [3.63, 3.8) is 0 Å². The minimum Gasteiger partial charge on any atom is -0.481 e. The first kappa shape index (κ1) is 28.6. The molecule has 2 aliphatic heterocycles. The fraction of sp³-hybridized carbons (Fsp3) is 0.433. The van der Waals surface area contributed by atoms with Crippen molar-refractivity contribution in [2.24, 2.45) is 5.92 Å². The Morgan fingerprint density at radius 3 is 2.78 bits per heavy atom. The molecular weight excluding hydrogens is 542 g/mol. The van der Waals surface area contributed by atoms with Crippen LogP contribution in [0.4, 0.5) is 23.1 Å². The number of piperidine rings is 1. The molecule has 2 aromatic heterocycles. The first-order chi connectivity index (χ1) is 19.9. The van der Waals surface area contributed by atoms with Crippen molar-refractivity contribution >= 4 is 46.6 Å². The van der Waals surface area contributed by atoms with E-state index in [0.717, 1.165) is 68.2 Å². The number of pyridine rings is 1. The van der Waals surface area contributed by atoms with E-state index in [1.807, 2.05) is 6.92 Å². The van der Waals surface area contributed by atoms with Crippen molar-refractivity contribution in [3.05, 3.63) is 64.6 Å². The molecule has 2 aliphatic rings. The molecule has 0 bridgehead atoms. The Balaban J connectivity index is 1.21. The second-order valence-electron chi connectivity index (χ2n) is 10.6. The van der Waals surface area contributed by atoms with Crippen molar-refractivity contribution in [2.45, 2.75) is 51.4 Å². The molecular formula is C30H36ClN7O3. The van der Waals surface area contributed by atoms with Gasteiger partial charge in [0.1, 0.15) is 23.8 Å². The number of nitrogens with zero attached hydrogens (tertiary/aromatic N) is 4. The maximum atomic E-state index is 12.5. The second-order valence-corrected chi connectivity index (χ2v) is 11.0. The van der Waals surface area contributed by atoms with Gasteiger partial charge in [-0.15, -0.1) is 0 Å². The molecule has 41 heavy (non-hydrogen) atoms. The van der Waals surface area contributed by atoms with E-state index in [9.17, 15) is 14.7 Å². The largest absolute Gasteiger partial charge is 0.481 e. The summed E-state index contributed by atoms with van der Waals surface area (Å²) in [6.45, 7) is 4.78. The highest BCUT2D eigenvalue weighted by atomic mass is 35.5. The lowest BCUT2D eigenvalue weighted by Gasteiger charge is -2.34. The van der Waals surface area contributed by atoms with Gasteiger partial charge in [0.05, 0.1) is 5.92 Å². The SMILES string of the molecule is CCc1c(NC[C@H](CC(=O)Nc2cccc(Cl)c2)C(=O)O)ncnc1N1CCC(c2ccc3c(n2)NCCC3)CC1. The van der Waals surface area contributed by atoms with Crippen LogP contribution in [0.1, 0.15) is 55.3 Å². The zero-order valence-electron chi connectivity index (χ0n) is 23.2. The number of halogens is 1. The van der Waals surface area contributed by atoms with Crippen LogP contribution in [-0.2, 0) is 22.4 Å². The van der Waals surface area contributed by atoms with Gasteiger partial charge in [-0.2, -0.15) is 0 Å². The lowest BCUT2D eigenvalue weighted by Crippen LogP contribution is -2.35. The number of nitrogens with one attached hydrogen (secondary N) is 3. The normalized spacial score (nSPS) is 15.9. The molecule has 11 heteroatoms. The van der Waals surface area contributed by atoms with Crippen LogP contribution in [0.3, 0.4) is 0 Å². The number of fused-ring (bicyclic) bond motifs is 1. The first-order valence-electron chi connectivity index (χ1n) is 14.3. The fourth-order valence-corrected chi connectivity index (χ4v) is 5.77. The lowest BCUT2D eigenvalue weighted by atomic mass is 9.92. The molecule has 0 radical (unpaired) electrons. The van der Waals surface area contributed by atoms with Crippen LogP contribution < -0.4 is 20.9 Å². The molecule has 0 saturated carbocycles. The molecule has 1 fully saturated rings. The third kappa shape index (κ3) is 7.05. The van der Waals surface area contributed by atoms with Crippen LogP contribution in [0.5, 0.6) is 0 Å². The van der Waals surface area contributed by atoms with Crippen LogP contribution >= 0.6 is 11.6 Å². The summed E-state index contributed by atoms with van der Waals surface area (Å²) < 4.78 is 0. The smallest absolute Gasteiger partial charge is 0.308 e. The number of hydrogen-bond acceptors (Lipinski definition) is 8. The minimum atomic E-state index is -1.06. The lowest BCUT2D eigenvalue weighted by molar-refractivity contribution is -0.142. The van der Waals surface area contributed by atoms with Crippen LogP contribution in [0, 0.1) is 5.92 Å². The quantitative estimate of drug-likeness (QED) is 0.263. The number of carboxylic acid groups (broad SMARTS) is 1. The molecule has 1 aromatic carbocycles. The molecule has 0 unspecified atom stereocenters. The van der Waals surface area contributed by atoms with Crippen molar-refractivity contribution < 1.29 is 14.7 Å². The molecule has 3 aromatic rings. The topological polar surface area (TPSA) is 132 Å². The molecule has 1 amide bonds. The third-order valence-electron chi connectivity index (χ3n) is 7.81. The Hall–Kier alpha value is -3.92. The zero-order valence-corrected chi connectivity index (χ0v) is 24.0. The van der Waals surface area contributed by atoms with E-state index in [-0.39, 0.29) is 13.0 Å². The molecule has 0 spiro atoms. The average Bonchev–Trinajstić information content (AvgIpc) is 2.98. The van der Waals surface area contributed by atoms with E-state index in [1.54, 1.807) is 24.3 Å². The number of rotatable bonds is 10. The van der Waals surface area contributed by atoms with Gasteiger partial charge in [0.2, 0.25) is 5.91 Å². The van der Waals surface area contributed by atoms with Crippen LogP contribution in [-0.4, -0.2) is 58.1 Å². The van der Waals surface area contributed by atoms with Gasteiger partial charge >= 0.3 is 5.97 Å². The van der Waals surface area contributed by atoms with Gasteiger partial charge in [0.25, 0.3) is 0 Å². The molecule has 1 saturated heterocycles. The van der Waals surface area contributed by atoms with Crippen molar-refractivity contribution in [3.8, 4) is 0 Å². The van der Waals surface area contributed by atoms with E-state index >= 15 is 0 Å². The number of aryl methyl sites for hydroxylation is 1. The summed E-state index contributed by atoms with van der Waals surface area (Å²) in [6.07, 6.45) is 6.20. The Morgan fingerprint density at radius 2 is 2.02 bits per heavy atom.